The molecule has 0 spiro atoms. The number of nitrogens with zero attached hydrogens (tertiary/aromatic N) is 2. The fraction of sp³-hybridized carbons (Fsp3) is 0.462. The molecular formula is C13H16N2O2. The highest BCUT2D eigenvalue weighted by molar-refractivity contribution is 5.85. The Morgan fingerprint density at radius 2 is 2.18 bits per heavy atom. The van der Waals surface area contributed by atoms with Gasteiger partial charge in [-0.3, -0.25) is 9.69 Å². The van der Waals surface area contributed by atoms with Gasteiger partial charge in [-0.15, -0.1) is 0 Å². The predicted molar refractivity (Wildman–Crippen MR) is 63.5 cm³/mol. The Morgan fingerprint density at radius 1 is 1.41 bits per heavy atom. The van der Waals surface area contributed by atoms with E-state index in [1.807, 2.05) is 24.1 Å². The standard InChI is InChI=1S/C13H16N2O2/c1-14-8-10-6-11(14)13(17)15(10)7-9-4-2-3-5-12(9)16/h2-5,10-11,16H,6-8H2,1H3. The van der Waals surface area contributed by atoms with E-state index in [2.05, 4.69) is 4.90 Å². The molecular weight excluding hydrogens is 216 g/mol. The van der Waals surface area contributed by atoms with E-state index < -0.39 is 0 Å². The van der Waals surface area contributed by atoms with E-state index in [0.717, 1.165) is 18.5 Å². The lowest BCUT2D eigenvalue weighted by Gasteiger charge is -2.31. The van der Waals surface area contributed by atoms with Crippen LogP contribution in [0, 0.1) is 0 Å². The molecule has 2 bridgehead atoms. The summed E-state index contributed by atoms with van der Waals surface area (Å²) in [5.74, 6) is 0.475. The van der Waals surface area contributed by atoms with E-state index in [-0.39, 0.29) is 17.7 Å². The highest BCUT2D eigenvalue weighted by Gasteiger charge is 2.47. The van der Waals surface area contributed by atoms with Crippen LogP contribution in [0.25, 0.3) is 0 Å². The lowest BCUT2D eigenvalue weighted by atomic mass is 10.1. The number of fused-ring (bicyclic) bond motifs is 2. The number of carbonyl (C=O) groups excluding carboxylic acids is 1. The minimum atomic E-state index is 0.0610. The number of hydrogen-bond donors (Lipinski definition) is 1. The maximum absolute atomic E-state index is 12.1. The maximum atomic E-state index is 12.1. The van der Waals surface area contributed by atoms with Crippen LogP contribution in [0.3, 0.4) is 0 Å². The number of para-hydroxylation sites is 1. The summed E-state index contributed by atoms with van der Waals surface area (Å²) in [5, 5.41) is 9.73. The van der Waals surface area contributed by atoms with Crippen LogP contribution < -0.4 is 0 Å². The lowest BCUT2D eigenvalue weighted by Crippen LogP contribution is -2.48. The zero-order valence-electron chi connectivity index (χ0n) is 9.84. The third-order valence-electron chi connectivity index (χ3n) is 3.87. The number of amides is 1. The molecule has 0 saturated carbocycles. The average Bonchev–Trinajstić information content (AvgIpc) is 2.81. The molecule has 2 saturated heterocycles. The van der Waals surface area contributed by atoms with Gasteiger partial charge < -0.3 is 10.0 Å². The van der Waals surface area contributed by atoms with Crippen LogP contribution in [0.4, 0.5) is 0 Å². The number of phenols is 1. The second-order valence-electron chi connectivity index (χ2n) is 4.94. The molecule has 1 N–H and O–H groups in total. The Balaban J connectivity index is 1.80. The van der Waals surface area contributed by atoms with E-state index in [1.54, 1.807) is 12.1 Å². The molecule has 2 fully saturated rings. The first-order chi connectivity index (χ1) is 8.16. The summed E-state index contributed by atoms with van der Waals surface area (Å²) in [6.07, 6.45) is 0.933. The van der Waals surface area contributed by atoms with Crippen LogP contribution in [0.15, 0.2) is 24.3 Å². The number of likely N-dealkylation sites (tertiary alicyclic amines) is 2. The molecule has 2 aliphatic heterocycles. The topological polar surface area (TPSA) is 43.8 Å². The summed E-state index contributed by atoms with van der Waals surface area (Å²) >= 11 is 0. The van der Waals surface area contributed by atoms with Gasteiger partial charge in [0.1, 0.15) is 5.75 Å². The first-order valence-corrected chi connectivity index (χ1v) is 5.94. The highest BCUT2D eigenvalue weighted by atomic mass is 16.3. The highest BCUT2D eigenvalue weighted by Crippen LogP contribution is 2.32. The molecule has 2 heterocycles. The summed E-state index contributed by atoms with van der Waals surface area (Å²) in [6, 6.07) is 7.60. The van der Waals surface area contributed by atoms with Gasteiger partial charge in [-0.25, -0.2) is 0 Å². The number of hydrogen-bond acceptors (Lipinski definition) is 3. The van der Waals surface area contributed by atoms with Crippen molar-refractivity contribution in [2.24, 2.45) is 0 Å². The van der Waals surface area contributed by atoms with Crippen molar-refractivity contribution in [3.8, 4) is 5.75 Å². The maximum Gasteiger partial charge on any atom is 0.240 e. The smallest absolute Gasteiger partial charge is 0.240 e. The SMILES string of the molecule is CN1CC2CC1C(=O)N2Cc1ccccc1O. The Labute approximate surface area is 100 Å². The number of piperazine rings is 1. The summed E-state index contributed by atoms with van der Waals surface area (Å²) in [7, 11) is 2.00. The van der Waals surface area contributed by atoms with Crippen molar-refractivity contribution in [1.82, 2.24) is 9.80 Å². The van der Waals surface area contributed by atoms with Crippen molar-refractivity contribution in [2.45, 2.75) is 25.0 Å². The van der Waals surface area contributed by atoms with Gasteiger partial charge in [-0.1, -0.05) is 18.2 Å². The van der Waals surface area contributed by atoms with Gasteiger partial charge >= 0.3 is 0 Å². The third-order valence-corrected chi connectivity index (χ3v) is 3.87. The van der Waals surface area contributed by atoms with Crippen molar-refractivity contribution >= 4 is 5.91 Å². The molecule has 2 atom stereocenters. The van der Waals surface area contributed by atoms with Gasteiger partial charge in [0.25, 0.3) is 0 Å². The molecule has 1 aromatic rings. The Morgan fingerprint density at radius 3 is 2.82 bits per heavy atom. The normalized spacial score (nSPS) is 28.1. The van der Waals surface area contributed by atoms with Gasteiger partial charge in [-0.2, -0.15) is 0 Å². The molecule has 1 amide bonds. The Kier molecular flexibility index (Phi) is 2.33. The van der Waals surface area contributed by atoms with Crippen LogP contribution in [0.5, 0.6) is 5.75 Å². The monoisotopic (exact) mass is 232 g/mol. The Hall–Kier alpha value is -1.55. The van der Waals surface area contributed by atoms with Gasteiger partial charge in [0.15, 0.2) is 0 Å². The van der Waals surface area contributed by atoms with Gasteiger partial charge in [0, 0.05) is 24.7 Å². The van der Waals surface area contributed by atoms with E-state index in [4.69, 9.17) is 0 Å². The molecule has 0 radical (unpaired) electrons. The lowest BCUT2D eigenvalue weighted by molar-refractivity contribution is -0.136. The molecule has 1 aromatic carbocycles. The van der Waals surface area contributed by atoms with Gasteiger partial charge in [0.2, 0.25) is 5.91 Å². The van der Waals surface area contributed by atoms with E-state index >= 15 is 0 Å². The minimum absolute atomic E-state index is 0.0610. The van der Waals surface area contributed by atoms with Crippen LogP contribution in [0.1, 0.15) is 12.0 Å². The molecule has 2 unspecified atom stereocenters. The number of carbonyl (C=O) groups is 1. The number of aromatic hydroxyl groups is 1. The van der Waals surface area contributed by atoms with Crippen molar-refractivity contribution in [2.75, 3.05) is 13.6 Å². The van der Waals surface area contributed by atoms with Crippen molar-refractivity contribution in [3.05, 3.63) is 29.8 Å². The molecule has 4 heteroatoms. The van der Waals surface area contributed by atoms with Crippen molar-refractivity contribution < 1.29 is 9.90 Å². The molecule has 17 heavy (non-hydrogen) atoms. The van der Waals surface area contributed by atoms with Crippen molar-refractivity contribution in [3.63, 3.8) is 0 Å². The zero-order valence-corrected chi connectivity index (χ0v) is 9.84. The molecule has 4 nitrogen and oxygen atoms in total. The minimum Gasteiger partial charge on any atom is -0.508 e. The van der Waals surface area contributed by atoms with Crippen LogP contribution in [-0.2, 0) is 11.3 Å². The summed E-state index contributed by atoms with van der Waals surface area (Å²) in [4.78, 5) is 16.1. The first-order valence-electron chi connectivity index (χ1n) is 5.94. The Bertz CT molecular complexity index is 460. The first kappa shape index (κ1) is 10.6. The summed E-state index contributed by atoms with van der Waals surface area (Å²) in [5.41, 5.74) is 0.830. The van der Waals surface area contributed by atoms with Gasteiger partial charge in [0.05, 0.1) is 6.04 Å². The van der Waals surface area contributed by atoms with Crippen LogP contribution in [-0.4, -0.2) is 46.5 Å². The van der Waals surface area contributed by atoms with E-state index in [1.165, 1.54) is 0 Å². The molecule has 0 aliphatic carbocycles. The molecule has 3 rings (SSSR count). The second kappa shape index (κ2) is 3.74. The van der Waals surface area contributed by atoms with Crippen molar-refractivity contribution in [1.29, 1.82) is 0 Å². The van der Waals surface area contributed by atoms with Crippen LogP contribution >= 0.6 is 0 Å². The quantitative estimate of drug-likeness (QED) is 0.820. The third kappa shape index (κ3) is 1.60. The second-order valence-corrected chi connectivity index (χ2v) is 4.94. The van der Waals surface area contributed by atoms with E-state index in [9.17, 15) is 9.90 Å². The van der Waals surface area contributed by atoms with Gasteiger partial charge in [-0.05, 0) is 19.5 Å². The zero-order chi connectivity index (χ0) is 12.0. The number of rotatable bonds is 2. The largest absolute Gasteiger partial charge is 0.508 e. The van der Waals surface area contributed by atoms with E-state index in [0.29, 0.717) is 12.6 Å². The van der Waals surface area contributed by atoms with Crippen LogP contribution in [0.2, 0.25) is 0 Å². The summed E-state index contributed by atoms with van der Waals surface area (Å²) < 4.78 is 0. The fourth-order valence-corrected chi connectivity index (χ4v) is 2.89. The fourth-order valence-electron chi connectivity index (χ4n) is 2.89. The number of phenolic OH excluding ortho intramolecular Hbond substituents is 1. The number of likely N-dealkylation sites (N-methyl/N-ethyl adjacent to an activating group) is 1. The average molecular weight is 232 g/mol. The summed E-state index contributed by atoms with van der Waals surface area (Å²) in [6.45, 7) is 1.48. The number of benzene rings is 1. The molecule has 0 aromatic heterocycles. The molecule has 2 aliphatic rings. The predicted octanol–water partition coefficient (Wildman–Crippen LogP) is 0.807. The molecule has 90 valence electrons.